The smallest absolute Gasteiger partial charge is 0.227 e. The van der Waals surface area contributed by atoms with E-state index in [1.54, 1.807) is 12.5 Å². The number of carbonyl (C=O) groups is 1. The summed E-state index contributed by atoms with van der Waals surface area (Å²) >= 11 is 0. The second-order valence-corrected chi connectivity index (χ2v) is 7.11. The first kappa shape index (κ1) is 19.1. The van der Waals surface area contributed by atoms with Gasteiger partial charge in [-0.05, 0) is 30.7 Å². The van der Waals surface area contributed by atoms with Crippen LogP contribution in [0.3, 0.4) is 0 Å². The molecule has 1 aliphatic rings. The maximum absolute atomic E-state index is 13.3. The van der Waals surface area contributed by atoms with Gasteiger partial charge in [0.15, 0.2) is 0 Å². The van der Waals surface area contributed by atoms with E-state index >= 15 is 0 Å². The van der Waals surface area contributed by atoms with E-state index in [0.29, 0.717) is 32.7 Å². The van der Waals surface area contributed by atoms with Gasteiger partial charge in [-0.2, -0.15) is 0 Å². The third-order valence-corrected chi connectivity index (χ3v) is 5.08. The molecule has 0 bridgehead atoms. The molecule has 0 fully saturated rings. The Balaban J connectivity index is 1.54. The van der Waals surface area contributed by atoms with Gasteiger partial charge in [0.2, 0.25) is 5.91 Å². The van der Waals surface area contributed by atoms with E-state index in [1.807, 2.05) is 71.1 Å². The summed E-state index contributed by atoms with van der Waals surface area (Å²) in [4.78, 5) is 19.3. The van der Waals surface area contributed by atoms with Gasteiger partial charge in [-0.25, -0.2) is 4.98 Å². The summed E-state index contributed by atoms with van der Waals surface area (Å²) in [7, 11) is 0. The summed E-state index contributed by atoms with van der Waals surface area (Å²) in [5, 5.41) is 0. The van der Waals surface area contributed by atoms with Crippen LogP contribution in [-0.2, 0) is 24.3 Å². The standard InChI is InChI=1S/C23H25N3O3/c1-2-28-21-9-7-18(8-10-21)13-23(27)26-14-19-5-3-4-6-22(19)29-16-20(26)15-25-12-11-24-17-25/h3-12,17,20H,2,13-16H2,1H3. The molecular formula is C23H25N3O3. The van der Waals surface area contributed by atoms with Crippen molar-refractivity contribution < 1.29 is 14.3 Å². The van der Waals surface area contributed by atoms with Crippen molar-refractivity contribution >= 4 is 5.91 Å². The Morgan fingerprint density at radius 1 is 1.21 bits per heavy atom. The third kappa shape index (κ3) is 4.59. The molecular weight excluding hydrogens is 366 g/mol. The quantitative estimate of drug-likeness (QED) is 0.647. The summed E-state index contributed by atoms with van der Waals surface area (Å²) in [6, 6.07) is 15.6. The first-order valence-corrected chi connectivity index (χ1v) is 9.90. The third-order valence-electron chi connectivity index (χ3n) is 5.08. The van der Waals surface area contributed by atoms with Crippen LogP contribution in [0.5, 0.6) is 11.5 Å². The Morgan fingerprint density at radius 2 is 2.03 bits per heavy atom. The van der Waals surface area contributed by atoms with E-state index in [1.165, 1.54) is 0 Å². The Hall–Kier alpha value is -3.28. The van der Waals surface area contributed by atoms with Crippen molar-refractivity contribution in [1.82, 2.24) is 14.5 Å². The number of hydrogen-bond acceptors (Lipinski definition) is 4. The van der Waals surface area contributed by atoms with E-state index < -0.39 is 0 Å². The van der Waals surface area contributed by atoms with Crippen LogP contribution in [-0.4, -0.2) is 39.6 Å². The number of rotatable bonds is 6. The monoisotopic (exact) mass is 391 g/mol. The first-order valence-electron chi connectivity index (χ1n) is 9.90. The van der Waals surface area contributed by atoms with Crippen LogP contribution in [0, 0.1) is 0 Å². The fourth-order valence-electron chi connectivity index (χ4n) is 3.59. The second kappa shape index (κ2) is 8.82. The van der Waals surface area contributed by atoms with Crippen molar-refractivity contribution in [3.05, 3.63) is 78.4 Å². The maximum Gasteiger partial charge on any atom is 0.227 e. The summed E-state index contributed by atoms with van der Waals surface area (Å²) < 4.78 is 13.5. The van der Waals surface area contributed by atoms with Crippen molar-refractivity contribution in [3.8, 4) is 11.5 Å². The van der Waals surface area contributed by atoms with Crippen LogP contribution in [0.15, 0.2) is 67.3 Å². The summed E-state index contributed by atoms with van der Waals surface area (Å²) in [5.74, 6) is 1.75. The van der Waals surface area contributed by atoms with E-state index in [9.17, 15) is 4.79 Å². The van der Waals surface area contributed by atoms with E-state index in [2.05, 4.69) is 4.98 Å². The average Bonchev–Trinajstić information content (AvgIpc) is 3.17. The van der Waals surface area contributed by atoms with Gasteiger partial charge in [0.25, 0.3) is 0 Å². The number of imidazole rings is 1. The number of ether oxygens (including phenoxy) is 2. The molecule has 29 heavy (non-hydrogen) atoms. The molecule has 1 aliphatic heterocycles. The zero-order chi connectivity index (χ0) is 20.1. The molecule has 2 heterocycles. The van der Waals surface area contributed by atoms with Gasteiger partial charge in [-0.15, -0.1) is 0 Å². The lowest BCUT2D eigenvalue weighted by molar-refractivity contribution is -0.134. The SMILES string of the molecule is CCOc1ccc(CC(=O)N2Cc3ccccc3OCC2Cn2ccnc2)cc1. The highest BCUT2D eigenvalue weighted by Crippen LogP contribution is 2.26. The second-order valence-electron chi connectivity index (χ2n) is 7.11. The van der Waals surface area contributed by atoms with Crippen LogP contribution in [0.1, 0.15) is 18.1 Å². The molecule has 2 aromatic carbocycles. The molecule has 0 radical (unpaired) electrons. The van der Waals surface area contributed by atoms with E-state index in [4.69, 9.17) is 9.47 Å². The molecule has 0 saturated heterocycles. The normalized spacial score (nSPS) is 15.9. The molecule has 0 N–H and O–H groups in total. The number of fused-ring (bicyclic) bond motifs is 1. The Kier molecular flexibility index (Phi) is 5.79. The molecule has 1 aromatic heterocycles. The number of hydrogen-bond donors (Lipinski definition) is 0. The fourth-order valence-corrected chi connectivity index (χ4v) is 3.59. The van der Waals surface area contributed by atoms with Gasteiger partial charge >= 0.3 is 0 Å². The highest BCUT2D eigenvalue weighted by Gasteiger charge is 2.29. The van der Waals surface area contributed by atoms with Gasteiger partial charge in [-0.3, -0.25) is 4.79 Å². The first-order chi connectivity index (χ1) is 14.2. The Morgan fingerprint density at radius 3 is 2.79 bits per heavy atom. The number of carbonyl (C=O) groups excluding carboxylic acids is 1. The number of aromatic nitrogens is 2. The van der Waals surface area contributed by atoms with Crippen molar-refractivity contribution in [2.75, 3.05) is 13.2 Å². The number of para-hydroxylation sites is 1. The predicted octanol–water partition coefficient (Wildman–Crippen LogP) is 3.31. The van der Waals surface area contributed by atoms with Crippen LogP contribution in [0.25, 0.3) is 0 Å². The topological polar surface area (TPSA) is 56.6 Å². The molecule has 150 valence electrons. The lowest BCUT2D eigenvalue weighted by Gasteiger charge is -2.29. The molecule has 0 saturated carbocycles. The van der Waals surface area contributed by atoms with Crippen molar-refractivity contribution in [3.63, 3.8) is 0 Å². The fraction of sp³-hybridized carbons (Fsp3) is 0.304. The van der Waals surface area contributed by atoms with Crippen LogP contribution < -0.4 is 9.47 Å². The van der Waals surface area contributed by atoms with Crippen molar-refractivity contribution in [1.29, 1.82) is 0 Å². The average molecular weight is 391 g/mol. The van der Waals surface area contributed by atoms with Gasteiger partial charge < -0.3 is 18.9 Å². The molecule has 3 aromatic rings. The summed E-state index contributed by atoms with van der Waals surface area (Å²) in [6.07, 6.45) is 5.77. The Bertz CT molecular complexity index is 938. The molecule has 1 amide bonds. The molecule has 0 aliphatic carbocycles. The minimum Gasteiger partial charge on any atom is -0.494 e. The minimum atomic E-state index is -0.0770. The van der Waals surface area contributed by atoms with Crippen LogP contribution >= 0.6 is 0 Å². The number of amides is 1. The van der Waals surface area contributed by atoms with E-state index in [-0.39, 0.29) is 11.9 Å². The van der Waals surface area contributed by atoms with Crippen molar-refractivity contribution in [2.45, 2.75) is 32.5 Å². The van der Waals surface area contributed by atoms with Gasteiger partial charge in [-0.1, -0.05) is 30.3 Å². The molecule has 1 unspecified atom stereocenters. The highest BCUT2D eigenvalue weighted by atomic mass is 16.5. The highest BCUT2D eigenvalue weighted by molar-refractivity contribution is 5.79. The lowest BCUT2D eigenvalue weighted by Crippen LogP contribution is -2.44. The summed E-state index contributed by atoms with van der Waals surface area (Å²) in [5.41, 5.74) is 2.00. The van der Waals surface area contributed by atoms with Gasteiger partial charge in [0.05, 0.1) is 25.4 Å². The summed E-state index contributed by atoms with van der Waals surface area (Å²) in [6.45, 7) is 4.21. The van der Waals surface area contributed by atoms with Crippen LogP contribution in [0.2, 0.25) is 0 Å². The van der Waals surface area contributed by atoms with Gasteiger partial charge in [0, 0.05) is 31.0 Å². The Labute approximate surface area is 170 Å². The number of nitrogens with zero attached hydrogens (tertiary/aromatic N) is 3. The molecule has 1 atom stereocenters. The lowest BCUT2D eigenvalue weighted by atomic mass is 10.1. The van der Waals surface area contributed by atoms with E-state index in [0.717, 1.165) is 22.6 Å². The number of benzene rings is 2. The zero-order valence-electron chi connectivity index (χ0n) is 16.5. The maximum atomic E-state index is 13.3. The molecule has 6 nitrogen and oxygen atoms in total. The molecule has 6 heteroatoms. The molecule has 0 spiro atoms. The van der Waals surface area contributed by atoms with Gasteiger partial charge in [0.1, 0.15) is 18.1 Å². The van der Waals surface area contributed by atoms with Crippen molar-refractivity contribution in [2.24, 2.45) is 0 Å². The minimum absolute atomic E-state index is 0.0770. The zero-order valence-corrected chi connectivity index (χ0v) is 16.5. The predicted molar refractivity (Wildman–Crippen MR) is 110 cm³/mol. The molecule has 4 rings (SSSR count). The largest absolute Gasteiger partial charge is 0.494 e. The van der Waals surface area contributed by atoms with Crippen LogP contribution in [0.4, 0.5) is 0 Å².